The predicted molar refractivity (Wildman–Crippen MR) is 103 cm³/mol. The molecule has 0 saturated carbocycles. The minimum absolute atomic E-state index is 0. The van der Waals surface area contributed by atoms with Crippen LogP contribution in [0.5, 0.6) is 11.5 Å². The molecule has 2 amide bonds. The van der Waals surface area contributed by atoms with Crippen LogP contribution in [0.4, 0.5) is 10.0 Å². The van der Waals surface area contributed by atoms with Crippen molar-refractivity contribution in [3.8, 4) is 11.5 Å². The van der Waals surface area contributed by atoms with Gasteiger partial charge in [0.1, 0.15) is 11.5 Å². The average Bonchev–Trinajstić information content (AvgIpc) is 3.16. The molecule has 3 unspecified atom stereocenters. The molecule has 2 aromatic rings. The molecule has 2 aromatic carbocycles. The Morgan fingerprint density at radius 3 is 2.17 bits per heavy atom. The van der Waals surface area contributed by atoms with Gasteiger partial charge in [0, 0.05) is 5.92 Å². The van der Waals surface area contributed by atoms with Crippen molar-refractivity contribution < 1.29 is 92.1 Å². The van der Waals surface area contributed by atoms with Gasteiger partial charge in [-0.2, -0.15) is 0 Å². The van der Waals surface area contributed by atoms with Gasteiger partial charge in [0.25, 0.3) is 0 Å². The molecule has 2 heterocycles. The molecule has 1 saturated heterocycles. The van der Waals surface area contributed by atoms with Crippen LogP contribution in [0.3, 0.4) is 0 Å². The van der Waals surface area contributed by atoms with Gasteiger partial charge < -0.3 is 13.6 Å². The van der Waals surface area contributed by atoms with E-state index in [2.05, 4.69) is 0 Å². The molecule has 3 atom stereocenters. The van der Waals surface area contributed by atoms with E-state index in [1.54, 1.807) is 54.6 Å². The molecule has 29 heavy (non-hydrogen) atoms. The maximum absolute atomic E-state index is 15.9. The van der Waals surface area contributed by atoms with Gasteiger partial charge >= 0.3 is 75.7 Å². The van der Waals surface area contributed by atoms with Crippen LogP contribution in [0.1, 0.15) is 13.3 Å². The number of imide groups is 1. The number of carbonyl (C=O) groups excluding carboxylic acids is 2. The summed E-state index contributed by atoms with van der Waals surface area (Å²) in [4.78, 5) is 27.5. The van der Waals surface area contributed by atoms with Crippen LogP contribution in [-0.2, 0) is 9.59 Å². The summed E-state index contributed by atoms with van der Waals surface area (Å²) >= 11 is 0. The first-order valence-electron chi connectivity index (χ1n) is 9.38. The summed E-state index contributed by atoms with van der Waals surface area (Å²) in [7, 11) is 0. The first kappa shape index (κ1) is 21.2. The molecule has 0 N–H and O–H groups in total. The van der Waals surface area contributed by atoms with Gasteiger partial charge in [0.05, 0.1) is 11.6 Å². The molecule has 8 heteroatoms. The number of para-hydroxylation sites is 3. The van der Waals surface area contributed by atoms with E-state index >= 15 is 4.32 Å². The first-order valence-corrected chi connectivity index (χ1v) is 9.38. The Morgan fingerprint density at radius 1 is 0.966 bits per heavy atom. The number of anilines is 1. The van der Waals surface area contributed by atoms with Gasteiger partial charge in [-0.05, 0) is 43.4 Å². The number of allylic oxidation sites excluding steroid dienone is 2. The molecule has 0 radical (unpaired) electrons. The number of hydrogen-bond acceptors (Lipinski definition) is 4. The van der Waals surface area contributed by atoms with Gasteiger partial charge in [-0.3, -0.25) is 14.5 Å². The van der Waals surface area contributed by atoms with Crippen molar-refractivity contribution in [3.63, 3.8) is 0 Å². The van der Waals surface area contributed by atoms with E-state index in [9.17, 15) is 9.59 Å². The Kier molecular flexibility index (Phi) is 5.78. The van der Waals surface area contributed by atoms with Crippen molar-refractivity contribution in [1.82, 2.24) is 0 Å². The number of carbonyl (C=O) groups is 2. The predicted octanol–water partition coefficient (Wildman–Crippen LogP) is 0.896. The summed E-state index contributed by atoms with van der Waals surface area (Å²) in [6.07, 6.45) is 2.13. The molecule has 1 aliphatic carbocycles. The average molecular weight is 511 g/mol. The summed E-state index contributed by atoms with van der Waals surface area (Å²) in [5.74, 6) is -2.50. The monoisotopic (exact) mass is 511 g/mol. The Morgan fingerprint density at radius 2 is 1.55 bits per heavy atom. The van der Waals surface area contributed by atoms with Crippen molar-refractivity contribution in [2.45, 2.75) is 19.2 Å². The smallest absolute Gasteiger partial charge is 0.654 e. The summed E-state index contributed by atoms with van der Waals surface area (Å²) < 4.78 is 27.0. The molecule has 1 fully saturated rings. The summed E-state index contributed by atoms with van der Waals surface area (Å²) in [6.45, 7) is -1.48. The number of amides is 2. The largest absolute Gasteiger partial charge is 1.00 e. The number of fused-ring (bicyclic) bond motifs is 2. The number of halogens is 1. The maximum Gasteiger partial charge on any atom is 1.00 e. The van der Waals surface area contributed by atoms with Crippen LogP contribution in [0.2, 0.25) is 5.82 Å². The van der Waals surface area contributed by atoms with Crippen LogP contribution in [0, 0.1) is 11.8 Å². The Hall–Kier alpha value is -1.03. The second-order valence-electron chi connectivity index (χ2n) is 7.63. The van der Waals surface area contributed by atoms with Crippen LogP contribution in [0.25, 0.3) is 0 Å². The minimum Gasteiger partial charge on any atom is -0.654 e. The van der Waals surface area contributed by atoms with Crippen LogP contribution < -0.4 is 83.1 Å². The zero-order valence-corrected chi connectivity index (χ0v) is 22.5. The van der Waals surface area contributed by atoms with E-state index in [4.69, 9.17) is 9.31 Å². The molecule has 5 rings (SSSR count). The third-order valence-electron chi connectivity index (χ3n) is 5.81. The van der Waals surface area contributed by atoms with Crippen molar-refractivity contribution in [2.75, 3.05) is 4.90 Å². The zero-order valence-electron chi connectivity index (χ0n) is 16.2. The normalized spacial score (nSPS) is 26.6. The van der Waals surface area contributed by atoms with Gasteiger partial charge in [-0.1, -0.05) is 35.9 Å². The molecular weight excluding hydrogens is 493 g/mol. The molecule has 0 bridgehead atoms. The SMILES string of the molecule is CC1=CC([B-]2(F)Oc3ccccc3O2)C2C(=O)N(c3ccccc3)C(=O)C2C1.[Cs+]. The Balaban J connectivity index is 0.00000205. The fourth-order valence-electron chi connectivity index (χ4n) is 4.61. The molecule has 0 spiro atoms. The van der Waals surface area contributed by atoms with E-state index in [0.29, 0.717) is 23.6 Å². The van der Waals surface area contributed by atoms with E-state index in [-0.39, 0.29) is 74.8 Å². The summed E-state index contributed by atoms with van der Waals surface area (Å²) in [6, 6.07) is 15.5. The van der Waals surface area contributed by atoms with Gasteiger partial charge in [0.15, 0.2) is 0 Å². The third kappa shape index (κ3) is 3.43. The van der Waals surface area contributed by atoms with Crippen molar-refractivity contribution in [3.05, 3.63) is 66.2 Å². The third-order valence-corrected chi connectivity index (χ3v) is 5.81. The van der Waals surface area contributed by atoms with Gasteiger partial charge in [-0.25, -0.2) is 0 Å². The second-order valence-corrected chi connectivity index (χ2v) is 7.63. The van der Waals surface area contributed by atoms with E-state index in [1.165, 1.54) is 4.90 Å². The summed E-state index contributed by atoms with van der Waals surface area (Å²) in [5, 5.41) is 0. The molecule has 0 aromatic heterocycles. The van der Waals surface area contributed by atoms with Crippen LogP contribution in [-0.4, -0.2) is 18.6 Å². The molecule has 5 nitrogen and oxygen atoms in total. The standard InChI is InChI=1S/C21H18BFNO4.Cs/c1-13-11-15-19(21(26)24(20(15)25)14-7-3-2-4-8-14)16(12-13)22(23)27-17-9-5-6-10-18(17)28-22;/h2-10,12,15-16,19H,11H2,1H3;/q-1;+1. The second kappa shape index (κ2) is 7.90. The quantitative estimate of drug-likeness (QED) is 0.342. The van der Waals surface area contributed by atoms with Gasteiger partial charge in [0.2, 0.25) is 11.8 Å². The van der Waals surface area contributed by atoms with Gasteiger partial charge in [-0.15, -0.1) is 6.08 Å². The zero-order chi connectivity index (χ0) is 19.5. The fourth-order valence-corrected chi connectivity index (χ4v) is 4.61. The Labute approximate surface area is 227 Å². The van der Waals surface area contributed by atoms with Crippen LogP contribution in [0.15, 0.2) is 66.2 Å². The molecular formula is C21H18BCsFNO4. The van der Waals surface area contributed by atoms with Crippen molar-refractivity contribution in [2.24, 2.45) is 11.8 Å². The van der Waals surface area contributed by atoms with E-state index in [1.807, 2.05) is 13.0 Å². The van der Waals surface area contributed by atoms with E-state index < -0.39 is 30.4 Å². The Bertz CT molecular complexity index is 990. The number of rotatable bonds is 2. The van der Waals surface area contributed by atoms with Crippen molar-refractivity contribution >= 4 is 24.3 Å². The minimum atomic E-state index is -3.33. The fraction of sp³-hybridized carbons (Fsp3) is 0.238. The molecule has 142 valence electrons. The molecule has 2 aliphatic heterocycles. The van der Waals surface area contributed by atoms with Crippen molar-refractivity contribution in [1.29, 1.82) is 0 Å². The number of benzene rings is 2. The van der Waals surface area contributed by atoms with Crippen LogP contribution >= 0.6 is 0 Å². The maximum atomic E-state index is 15.9. The number of hydrogen-bond donors (Lipinski definition) is 0. The molecule has 3 aliphatic rings. The first-order chi connectivity index (χ1) is 13.5. The van der Waals surface area contributed by atoms with E-state index in [0.717, 1.165) is 5.57 Å². The number of nitrogens with zero attached hydrogens (tertiary/aromatic N) is 1. The topological polar surface area (TPSA) is 55.8 Å². The summed E-state index contributed by atoms with van der Waals surface area (Å²) in [5.41, 5.74) is 1.35.